The molecule has 1 aromatic heterocycles. The highest BCUT2D eigenvalue weighted by Crippen LogP contribution is 2.35. The molecule has 1 aliphatic rings. The molecule has 1 aromatic rings. The van der Waals surface area contributed by atoms with Crippen LogP contribution >= 0.6 is 0 Å². The maximum Gasteiger partial charge on any atom is 0.358 e. The van der Waals surface area contributed by atoms with Gasteiger partial charge in [0.05, 0.1) is 19.5 Å². The second-order valence-corrected chi connectivity index (χ2v) is 5.51. The van der Waals surface area contributed by atoms with Crippen LogP contribution in [-0.2, 0) is 4.74 Å². The molecule has 19 heavy (non-hydrogen) atoms. The molecule has 0 aromatic carbocycles. The van der Waals surface area contributed by atoms with Gasteiger partial charge < -0.3 is 10.1 Å². The van der Waals surface area contributed by atoms with Gasteiger partial charge in [-0.15, -0.1) is 0 Å². The normalized spacial score (nSPS) is 17.8. The van der Waals surface area contributed by atoms with Crippen LogP contribution in [0, 0.1) is 5.41 Å². The number of nitrogens with zero attached hydrogens (tertiary/aromatic N) is 2. The van der Waals surface area contributed by atoms with E-state index in [0.717, 1.165) is 6.54 Å². The fourth-order valence-corrected chi connectivity index (χ4v) is 2.54. The average Bonchev–Trinajstić information content (AvgIpc) is 2.45. The van der Waals surface area contributed by atoms with Crippen molar-refractivity contribution in [2.75, 3.05) is 19.0 Å². The molecule has 0 amide bonds. The highest BCUT2D eigenvalue weighted by Gasteiger charge is 2.26. The fraction of sp³-hybridized carbons (Fsp3) is 0.643. The van der Waals surface area contributed by atoms with E-state index >= 15 is 0 Å². The molecule has 1 fully saturated rings. The smallest absolute Gasteiger partial charge is 0.358 e. The summed E-state index contributed by atoms with van der Waals surface area (Å²) in [4.78, 5) is 19.6. The van der Waals surface area contributed by atoms with Crippen molar-refractivity contribution in [1.29, 1.82) is 0 Å². The minimum absolute atomic E-state index is 0.237. The Labute approximate surface area is 113 Å². The van der Waals surface area contributed by atoms with E-state index in [1.807, 2.05) is 0 Å². The molecule has 2 rings (SSSR count). The Kier molecular flexibility index (Phi) is 4.35. The number of hydrogen-bond donors (Lipinski definition) is 1. The Morgan fingerprint density at radius 1 is 1.37 bits per heavy atom. The largest absolute Gasteiger partial charge is 0.464 e. The van der Waals surface area contributed by atoms with E-state index in [-0.39, 0.29) is 5.69 Å². The van der Waals surface area contributed by atoms with Gasteiger partial charge in [-0.3, -0.25) is 4.98 Å². The van der Waals surface area contributed by atoms with Crippen molar-refractivity contribution in [3.05, 3.63) is 18.1 Å². The summed E-state index contributed by atoms with van der Waals surface area (Å²) in [5.41, 5.74) is 0.558. The Morgan fingerprint density at radius 2 is 2.11 bits per heavy atom. The van der Waals surface area contributed by atoms with Gasteiger partial charge in [-0.2, -0.15) is 0 Å². The molecular weight excluding hydrogens is 242 g/mol. The highest BCUT2D eigenvalue weighted by molar-refractivity contribution is 5.87. The molecular formula is C14H21N3O2. The molecule has 0 saturated heterocycles. The van der Waals surface area contributed by atoms with Crippen LogP contribution in [0.15, 0.2) is 12.4 Å². The molecule has 1 aliphatic carbocycles. The standard InChI is InChI=1S/C14H21N3O2/c1-14(6-4-3-5-7-14)10-16-12-9-15-8-11(17-12)13(18)19-2/h8-9H,3-7,10H2,1-2H3,(H,16,17). The molecule has 0 aliphatic heterocycles. The first-order valence-electron chi connectivity index (χ1n) is 6.77. The molecule has 1 heterocycles. The minimum atomic E-state index is -0.458. The predicted octanol–water partition coefficient (Wildman–Crippen LogP) is 2.65. The fourth-order valence-electron chi connectivity index (χ4n) is 2.54. The number of nitrogens with one attached hydrogen (secondary N) is 1. The van der Waals surface area contributed by atoms with E-state index < -0.39 is 5.97 Å². The zero-order chi connectivity index (χ0) is 13.7. The molecule has 5 heteroatoms. The first-order chi connectivity index (χ1) is 9.13. The number of methoxy groups -OCH3 is 1. The first kappa shape index (κ1) is 13.8. The number of aromatic nitrogens is 2. The zero-order valence-corrected chi connectivity index (χ0v) is 11.6. The van der Waals surface area contributed by atoms with Crippen molar-refractivity contribution >= 4 is 11.8 Å². The third kappa shape index (κ3) is 3.66. The van der Waals surface area contributed by atoms with E-state index in [1.54, 1.807) is 6.20 Å². The summed E-state index contributed by atoms with van der Waals surface area (Å²) < 4.78 is 4.64. The molecule has 104 valence electrons. The van der Waals surface area contributed by atoms with Gasteiger partial charge in [-0.25, -0.2) is 9.78 Å². The molecule has 0 bridgehead atoms. The topological polar surface area (TPSA) is 64.1 Å². The number of rotatable bonds is 4. The van der Waals surface area contributed by atoms with Gasteiger partial charge in [0, 0.05) is 6.54 Å². The maximum absolute atomic E-state index is 11.4. The Morgan fingerprint density at radius 3 is 2.79 bits per heavy atom. The van der Waals surface area contributed by atoms with Gasteiger partial charge in [0.1, 0.15) is 5.82 Å². The highest BCUT2D eigenvalue weighted by atomic mass is 16.5. The quantitative estimate of drug-likeness (QED) is 0.846. The second kappa shape index (κ2) is 5.99. The van der Waals surface area contributed by atoms with Crippen molar-refractivity contribution in [3.63, 3.8) is 0 Å². The molecule has 5 nitrogen and oxygen atoms in total. The van der Waals surface area contributed by atoms with E-state index in [9.17, 15) is 4.79 Å². The number of esters is 1. The first-order valence-corrected chi connectivity index (χ1v) is 6.77. The monoisotopic (exact) mass is 263 g/mol. The van der Waals surface area contributed by atoms with Crippen molar-refractivity contribution in [1.82, 2.24) is 9.97 Å². The molecule has 0 radical (unpaired) electrons. The molecule has 0 atom stereocenters. The van der Waals surface area contributed by atoms with Crippen LogP contribution in [0.2, 0.25) is 0 Å². The minimum Gasteiger partial charge on any atom is -0.464 e. The van der Waals surface area contributed by atoms with Gasteiger partial charge >= 0.3 is 5.97 Å². The summed E-state index contributed by atoms with van der Waals surface area (Å²) in [5.74, 6) is 0.176. The number of carbonyl (C=O) groups is 1. The van der Waals surface area contributed by atoms with Gasteiger partial charge in [0.15, 0.2) is 5.69 Å². The lowest BCUT2D eigenvalue weighted by Gasteiger charge is -2.33. The second-order valence-electron chi connectivity index (χ2n) is 5.51. The van der Waals surface area contributed by atoms with E-state index in [0.29, 0.717) is 11.2 Å². The molecule has 1 N–H and O–H groups in total. The third-order valence-electron chi connectivity index (χ3n) is 3.79. The van der Waals surface area contributed by atoms with E-state index in [2.05, 4.69) is 26.9 Å². The number of anilines is 1. The summed E-state index contributed by atoms with van der Waals surface area (Å²) >= 11 is 0. The lowest BCUT2D eigenvalue weighted by atomic mass is 9.76. The average molecular weight is 263 g/mol. The van der Waals surface area contributed by atoms with Gasteiger partial charge in [-0.1, -0.05) is 26.2 Å². The summed E-state index contributed by atoms with van der Waals surface area (Å²) in [5, 5.41) is 3.29. The Bertz CT molecular complexity index is 442. The van der Waals surface area contributed by atoms with Crippen molar-refractivity contribution in [2.24, 2.45) is 5.41 Å². The van der Waals surface area contributed by atoms with Crippen molar-refractivity contribution in [2.45, 2.75) is 39.0 Å². The van der Waals surface area contributed by atoms with Crippen LogP contribution in [0.1, 0.15) is 49.5 Å². The summed E-state index contributed by atoms with van der Waals surface area (Å²) in [6, 6.07) is 0. The maximum atomic E-state index is 11.4. The van der Waals surface area contributed by atoms with E-state index in [4.69, 9.17) is 0 Å². The third-order valence-corrected chi connectivity index (χ3v) is 3.79. The zero-order valence-electron chi connectivity index (χ0n) is 11.6. The van der Waals surface area contributed by atoms with Crippen molar-refractivity contribution < 1.29 is 9.53 Å². The predicted molar refractivity (Wildman–Crippen MR) is 73.1 cm³/mol. The summed E-state index contributed by atoms with van der Waals surface area (Å²) in [6.07, 6.45) is 9.47. The molecule has 0 spiro atoms. The van der Waals surface area contributed by atoms with Crippen LogP contribution in [0.3, 0.4) is 0 Å². The summed E-state index contributed by atoms with van der Waals surface area (Å²) in [6.45, 7) is 3.17. The van der Waals surface area contributed by atoms with Crippen LogP contribution in [-0.4, -0.2) is 29.6 Å². The lowest BCUT2D eigenvalue weighted by Crippen LogP contribution is -2.29. The number of ether oxygens (including phenoxy) is 1. The summed E-state index contributed by atoms with van der Waals surface area (Å²) in [7, 11) is 1.34. The van der Waals surface area contributed by atoms with Crippen molar-refractivity contribution in [3.8, 4) is 0 Å². The van der Waals surface area contributed by atoms with Crippen LogP contribution in [0.5, 0.6) is 0 Å². The van der Waals surface area contributed by atoms with Crippen LogP contribution in [0.25, 0.3) is 0 Å². The molecule has 1 saturated carbocycles. The molecule has 0 unspecified atom stereocenters. The SMILES string of the molecule is COC(=O)c1cncc(NCC2(C)CCCCC2)n1. The number of hydrogen-bond acceptors (Lipinski definition) is 5. The van der Waals surface area contributed by atoms with Crippen LogP contribution in [0.4, 0.5) is 5.82 Å². The lowest BCUT2D eigenvalue weighted by molar-refractivity contribution is 0.0593. The Hall–Kier alpha value is -1.65. The van der Waals surface area contributed by atoms with Gasteiger partial charge in [-0.05, 0) is 18.3 Å². The van der Waals surface area contributed by atoms with E-state index in [1.165, 1.54) is 45.4 Å². The van der Waals surface area contributed by atoms with Crippen LogP contribution < -0.4 is 5.32 Å². The van der Waals surface area contributed by atoms with Gasteiger partial charge in [0.25, 0.3) is 0 Å². The Balaban J connectivity index is 1.97. The number of carbonyl (C=O) groups excluding carboxylic acids is 1. The van der Waals surface area contributed by atoms with Gasteiger partial charge in [0.2, 0.25) is 0 Å².